The van der Waals surface area contributed by atoms with E-state index >= 15 is 0 Å². The van der Waals surface area contributed by atoms with Crippen LogP contribution in [0, 0.1) is 5.92 Å². The van der Waals surface area contributed by atoms with Crippen molar-refractivity contribution in [2.24, 2.45) is 18.7 Å². The minimum absolute atomic E-state index is 0.504. The number of benzene rings is 1. The van der Waals surface area contributed by atoms with E-state index in [1.807, 2.05) is 11.6 Å². The molecular formula is C16H23N5. The molecule has 0 aliphatic heterocycles. The Morgan fingerprint density at radius 3 is 2.67 bits per heavy atom. The molecule has 1 heterocycles. The van der Waals surface area contributed by atoms with Crippen LogP contribution in [0.5, 0.6) is 0 Å². The van der Waals surface area contributed by atoms with Gasteiger partial charge in [0.25, 0.3) is 0 Å². The summed E-state index contributed by atoms with van der Waals surface area (Å²) in [6, 6.07) is 8.92. The highest BCUT2D eigenvalue weighted by molar-refractivity contribution is 5.60. The number of rotatable bonds is 4. The van der Waals surface area contributed by atoms with Crippen LogP contribution < -0.4 is 11.1 Å². The second kappa shape index (κ2) is 6.26. The summed E-state index contributed by atoms with van der Waals surface area (Å²) < 4.78 is 1.92. The summed E-state index contributed by atoms with van der Waals surface area (Å²) >= 11 is 0. The summed E-state index contributed by atoms with van der Waals surface area (Å²) in [6.45, 7) is 0.773. The van der Waals surface area contributed by atoms with Gasteiger partial charge in [-0.3, -0.25) is 0 Å². The normalized spacial score (nSPS) is 22.2. The topological polar surface area (TPSA) is 68.8 Å². The molecule has 0 spiro atoms. The van der Waals surface area contributed by atoms with Crippen molar-refractivity contribution < 1.29 is 0 Å². The number of nitrogens with two attached hydrogens (primary N) is 1. The number of hydrogen-bond donors (Lipinski definition) is 2. The van der Waals surface area contributed by atoms with Gasteiger partial charge in [0, 0.05) is 24.3 Å². The molecule has 0 bridgehead atoms. The van der Waals surface area contributed by atoms with Crippen molar-refractivity contribution >= 4 is 5.69 Å². The summed E-state index contributed by atoms with van der Waals surface area (Å²) in [7, 11) is 1.95. The smallest absolute Gasteiger partial charge is 0.163 e. The van der Waals surface area contributed by atoms with Gasteiger partial charge in [0.15, 0.2) is 5.82 Å². The van der Waals surface area contributed by atoms with Gasteiger partial charge < -0.3 is 15.6 Å². The van der Waals surface area contributed by atoms with Gasteiger partial charge in [0.05, 0.1) is 0 Å². The number of aromatic nitrogens is 3. The second-order valence-electron chi connectivity index (χ2n) is 5.87. The lowest BCUT2D eigenvalue weighted by Gasteiger charge is -2.32. The lowest BCUT2D eigenvalue weighted by Crippen LogP contribution is -2.36. The van der Waals surface area contributed by atoms with Crippen molar-refractivity contribution in [2.75, 3.05) is 11.9 Å². The molecule has 1 fully saturated rings. The molecule has 2 atom stereocenters. The van der Waals surface area contributed by atoms with E-state index in [2.05, 4.69) is 39.8 Å². The minimum Gasteiger partial charge on any atom is -0.382 e. The number of nitrogens with one attached hydrogen (secondary N) is 1. The zero-order valence-electron chi connectivity index (χ0n) is 12.5. The zero-order valence-corrected chi connectivity index (χ0v) is 12.5. The first-order chi connectivity index (χ1) is 10.3. The molecular weight excluding hydrogens is 262 g/mol. The molecule has 3 N–H and O–H groups in total. The predicted octanol–water partition coefficient (Wildman–Crippen LogP) is 2.41. The van der Waals surface area contributed by atoms with Crippen LogP contribution in [0.1, 0.15) is 25.7 Å². The van der Waals surface area contributed by atoms with Crippen LogP contribution >= 0.6 is 0 Å². The quantitative estimate of drug-likeness (QED) is 0.905. The Labute approximate surface area is 125 Å². The summed E-state index contributed by atoms with van der Waals surface area (Å²) in [5, 5.41) is 11.7. The Balaban J connectivity index is 1.71. The summed E-state index contributed by atoms with van der Waals surface area (Å²) in [5.41, 5.74) is 8.14. The Morgan fingerprint density at radius 1 is 1.24 bits per heavy atom. The highest BCUT2D eigenvalue weighted by Crippen LogP contribution is 2.27. The van der Waals surface area contributed by atoms with Crippen LogP contribution in [0.25, 0.3) is 11.4 Å². The highest BCUT2D eigenvalue weighted by Gasteiger charge is 2.23. The molecule has 0 saturated heterocycles. The molecule has 5 heteroatoms. The highest BCUT2D eigenvalue weighted by atomic mass is 15.2. The van der Waals surface area contributed by atoms with E-state index < -0.39 is 0 Å². The summed E-state index contributed by atoms with van der Waals surface area (Å²) in [6.07, 6.45) is 6.78. The fourth-order valence-electron chi connectivity index (χ4n) is 3.15. The van der Waals surface area contributed by atoms with Crippen molar-refractivity contribution in [2.45, 2.75) is 31.7 Å². The molecule has 3 rings (SSSR count). The van der Waals surface area contributed by atoms with Gasteiger partial charge in [-0.2, -0.15) is 0 Å². The summed E-state index contributed by atoms with van der Waals surface area (Å²) in [4.78, 5) is 0. The van der Waals surface area contributed by atoms with Crippen molar-refractivity contribution in [1.29, 1.82) is 0 Å². The van der Waals surface area contributed by atoms with Crippen LogP contribution in [0.2, 0.25) is 0 Å². The van der Waals surface area contributed by atoms with Gasteiger partial charge in [-0.05, 0) is 49.6 Å². The number of anilines is 1. The number of hydrogen-bond acceptors (Lipinski definition) is 4. The maximum Gasteiger partial charge on any atom is 0.163 e. The molecule has 1 aliphatic rings. The van der Waals surface area contributed by atoms with Crippen molar-refractivity contribution in [1.82, 2.24) is 14.8 Å². The van der Waals surface area contributed by atoms with E-state index in [1.165, 1.54) is 25.7 Å². The van der Waals surface area contributed by atoms with Gasteiger partial charge in [0.2, 0.25) is 0 Å². The Bertz CT molecular complexity index is 575. The summed E-state index contributed by atoms with van der Waals surface area (Å²) in [5.74, 6) is 1.48. The van der Waals surface area contributed by atoms with E-state index in [0.29, 0.717) is 12.0 Å². The molecule has 1 aromatic heterocycles. The third kappa shape index (κ3) is 3.08. The van der Waals surface area contributed by atoms with Crippen LogP contribution in [-0.2, 0) is 7.05 Å². The third-order valence-corrected chi connectivity index (χ3v) is 4.42. The third-order valence-electron chi connectivity index (χ3n) is 4.42. The largest absolute Gasteiger partial charge is 0.382 e. The van der Waals surface area contributed by atoms with E-state index in [-0.39, 0.29) is 0 Å². The first-order valence-corrected chi connectivity index (χ1v) is 7.69. The Morgan fingerprint density at radius 2 is 2.00 bits per heavy atom. The van der Waals surface area contributed by atoms with E-state index in [0.717, 1.165) is 23.6 Å². The molecule has 0 amide bonds. The van der Waals surface area contributed by atoms with Crippen LogP contribution in [0.4, 0.5) is 5.69 Å². The maximum absolute atomic E-state index is 5.89. The fourth-order valence-corrected chi connectivity index (χ4v) is 3.15. The van der Waals surface area contributed by atoms with Crippen molar-refractivity contribution in [3.05, 3.63) is 30.6 Å². The molecule has 21 heavy (non-hydrogen) atoms. The molecule has 0 radical (unpaired) electrons. The van der Waals surface area contributed by atoms with Gasteiger partial charge in [-0.1, -0.05) is 12.8 Å². The predicted molar refractivity (Wildman–Crippen MR) is 84.9 cm³/mol. The van der Waals surface area contributed by atoms with Crippen LogP contribution in [0.3, 0.4) is 0 Å². The van der Waals surface area contributed by atoms with E-state index in [4.69, 9.17) is 5.73 Å². The molecule has 1 aromatic carbocycles. The monoisotopic (exact) mass is 285 g/mol. The molecule has 112 valence electrons. The average Bonchev–Trinajstić information content (AvgIpc) is 2.95. The number of nitrogens with zero attached hydrogens (tertiary/aromatic N) is 3. The zero-order chi connectivity index (χ0) is 14.7. The number of aryl methyl sites for hydroxylation is 1. The van der Waals surface area contributed by atoms with Gasteiger partial charge in [-0.15, -0.1) is 10.2 Å². The average molecular weight is 285 g/mol. The lowest BCUT2D eigenvalue weighted by molar-refractivity contribution is 0.332. The fraction of sp³-hybridized carbons (Fsp3) is 0.500. The van der Waals surface area contributed by atoms with Crippen molar-refractivity contribution in [3.8, 4) is 11.4 Å². The van der Waals surface area contributed by atoms with Gasteiger partial charge >= 0.3 is 0 Å². The lowest BCUT2D eigenvalue weighted by atomic mass is 9.84. The van der Waals surface area contributed by atoms with Gasteiger partial charge in [0.1, 0.15) is 6.33 Å². The minimum atomic E-state index is 0.504. The standard InChI is InChI=1S/C16H23N5/c1-21-11-18-20-16(21)12-6-8-14(9-7-12)19-15-5-3-2-4-13(15)10-17/h6-9,11,13,15,19H,2-5,10,17H2,1H3. The van der Waals surface area contributed by atoms with Crippen molar-refractivity contribution in [3.63, 3.8) is 0 Å². The molecule has 5 nitrogen and oxygen atoms in total. The first-order valence-electron chi connectivity index (χ1n) is 7.69. The maximum atomic E-state index is 5.89. The second-order valence-corrected chi connectivity index (χ2v) is 5.87. The van der Waals surface area contributed by atoms with Crippen LogP contribution in [0.15, 0.2) is 30.6 Å². The molecule has 1 saturated carbocycles. The van der Waals surface area contributed by atoms with E-state index in [9.17, 15) is 0 Å². The van der Waals surface area contributed by atoms with E-state index in [1.54, 1.807) is 6.33 Å². The molecule has 2 aromatic rings. The van der Waals surface area contributed by atoms with Gasteiger partial charge in [-0.25, -0.2) is 0 Å². The van der Waals surface area contributed by atoms with Crippen LogP contribution in [-0.4, -0.2) is 27.4 Å². The molecule has 1 aliphatic carbocycles. The first kappa shape index (κ1) is 14.1. The Hall–Kier alpha value is -1.88. The Kier molecular flexibility index (Phi) is 4.20. The molecule has 2 unspecified atom stereocenters. The SMILES string of the molecule is Cn1cnnc1-c1ccc(NC2CCCCC2CN)cc1.